The fourth-order valence-electron chi connectivity index (χ4n) is 1.54. The van der Waals surface area contributed by atoms with Gasteiger partial charge in [-0.3, -0.25) is 4.72 Å². The van der Waals surface area contributed by atoms with Gasteiger partial charge in [0.1, 0.15) is 16.4 Å². The van der Waals surface area contributed by atoms with Gasteiger partial charge in [0.15, 0.2) is 5.82 Å². The van der Waals surface area contributed by atoms with Crippen molar-refractivity contribution >= 4 is 57.0 Å². The maximum absolute atomic E-state index is 13.7. The number of sulfonamides is 1. The average Bonchev–Trinajstić information content (AvgIpc) is 2.42. The van der Waals surface area contributed by atoms with Gasteiger partial charge in [0.05, 0.1) is 15.7 Å². The Balaban J connectivity index is 0.00000242. The van der Waals surface area contributed by atoms with E-state index < -0.39 is 33.0 Å². The molecule has 0 bridgehead atoms. The molecular formula is C12H9Cl3F2N2O2S. The Bertz CT molecular complexity index is 816. The van der Waals surface area contributed by atoms with Crippen LogP contribution >= 0.6 is 35.6 Å². The van der Waals surface area contributed by atoms with E-state index in [1.54, 1.807) is 0 Å². The Morgan fingerprint density at radius 1 is 1.09 bits per heavy atom. The normalized spacial score (nSPS) is 10.9. The van der Waals surface area contributed by atoms with Crippen molar-refractivity contribution in [1.29, 1.82) is 0 Å². The topological polar surface area (TPSA) is 72.2 Å². The molecule has 0 unspecified atom stereocenters. The van der Waals surface area contributed by atoms with Crippen molar-refractivity contribution in [2.45, 2.75) is 4.90 Å². The first-order valence-corrected chi connectivity index (χ1v) is 7.68. The molecule has 120 valence electrons. The highest BCUT2D eigenvalue weighted by atomic mass is 35.5. The van der Waals surface area contributed by atoms with Crippen LogP contribution in [0.3, 0.4) is 0 Å². The van der Waals surface area contributed by atoms with Gasteiger partial charge in [0, 0.05) is 0 Å². The molecule has 0 aliphatic carbocycles. The lowest BCUT2D eigenvalue weighted by Crippen LogP contribution is -2.15. The van der Waals surface area contributed by atoms with Gasteiger partial charge in [-0.15, -0.1) is 12.4 Å². The van der Waals surface area contributed by atoms with Crippen LogP contribution in [0.15, 0.2) is 35.2 Å². The number of anilines is 2. The van der Waals surface area contributed by atoms with E-state index in [-0.39, 0.29) is 27.3 Å². The molecule has 0 aliphatic rings. The number of nitrogens with one attached hydrogen (secondary N) is 1. The fraction of sp³-hybridized carbons (Fsp3) is 0. The molecule has 0 aliphatic heterocycles. The van der Waals surface area contributed by atoms with Crippen LogP contribution in [0.5, 0.6) is 0 Å². The Morgan fingerprint density at radius 2 is 1.73 bits per heavy atom. The summed E-state index contributed by atoms with van der Waals surface area (Å²) in [6, 6.07) is 5.73. The highest BCUT2D eigenvalue weighted by Gasteiger charge is 2.22. The number of benzene rings is 2. The van der Waals surface area contributed by atoms with Crippen molar-refractivity contribution < 1.29 is 17.2 Å². The van der Waals surface area contributed by atoms with Gasteiger partial charge in [0.2, 0.25) is 0 Å². The minimum atomic E-state index is -4.20. The first-order valence-electron chi connectivity index (χ1n) is 5.44. The first-order chi connectivity index (χ1) is 9.74. The van der Waals surface area contributed by atoms with Crippen LogP contribution < -0.4 is 10.5 Å². The molecule has 0 heterocycles. The molecule has 0 spiro atoms. The largest absolute Gasteiger partial charge is 0.394 e. The minimum Gasteiger partial charge on any atom is -0.394 e. The standard InChI is InChI=1S/C12H8Cl2F2N2O2S.ClH/c13-6-2-1-3-9(10(6)14)21(19,20)18-8-5-4-7(15)12(17)11(8)16;/h1-5,18H,17H2;1H. The summed E-state index contributed by atoms with van der Waals surface area (Å²) in [7, 11) is -4.20. The summed E-state index contributed by atoms with van der Waals surface area (Å²) in [5.74, 6) is -2.20. The zero-order valence-corrected chi connectivity index (χ0v) is 13.8. The monoisotopic (exact) mass is 388 g/mol. The summed E-state index contributed by atoms with van der Waals surface area (Å²) >= 11 is 11.5. The van der Waals surface area contributed by atoms with Crippen LogP contribution in [-0.4, -0.2) is 8.42 Å². The van der Waals surface area contributed by atoms with Crippen LogP contribution in [0.2, 0.25) is 10.0 Å². The molecule has 0 atom stereocenters. The summed E-state index contributed by atoms with van der Waals surface area (Å²) in [4.78, 5) is -0.334. The van der Waals surface area contributed by atoms with Crippen molar-refractivity contribution in [1.82, 2.24) is 0 Å². The number of nitrogen functional groups attached to an aromatic ring is 1. The maximum atomic E-state index is 13.7. The lowest BCUT2D eigenvalue weighted by Gasteiger charge is -2.12. The Labute approximate surface area is 141 Å². The summed E-state index contributed by atoms with van der Waals surface area (Å²) in [5.41, 5.74) is 3.88. The molecule has 0 fully saturated rings. The van der Waals surface area contributed by atoms with Crippen LogP contribution in [0.1, 0.15) is 0 Å². The second kappa shape index (κ2) is 6.87. The SMILES string of the molecule is Cl.Nc1c(F)ccc(NS(=O)(=O)c2cccc(Cl)c2Cl)c1F. The molecule has 0 amide bonds. The molecule has 2 rings (SSSR count). The molecular weight excluding hydrogens is 381 g/mol. The van der Waals surface area contributed by atoms with Crippen LogP contribution in [0.25, 0.3) is 0 Å². The van der Waals surface area contributed by atoms with E-state index in [2.05, 4.69) is 0 Å². The van der Waals surface area contributed by atoms with Gasteiger partial charge >= 0.3 is 0 Å². The number of nitrogens with two attached hydrogens (primary N) is 1. The van der Waals surface area contributed by atoms with E-state index >= 15 is 0 Å². The van der Waals surface area contributed by atoms with Gasteiger partial charge in [-0.2, -0.15) is 0 Å². The van der Waals surface area contributed by atoms with Gasteiger partial charge in [-0.1, -0.05) is 29.3 Å². The predicted molar refractivity (Wildman–Crippen MR) is 85.3 cm³/mol. The lowest BCUT2D eigenvalue weighted by atomic mass is 10.2. The highest BCUT2D eigenvalue weighted by molar-refractivity contribution is 7.92. The summed E-state index contributed by atoms with van der Waals surface area (Å²) in [5, 5.41) is -0.180. The number of hydrogen-bond acceptors (Lipinski definition) is 3. The second-order valence-electron chi connectivity index (χ2n) is 3.98. The maximum Gasteiger partial charge on any atom is 0.263 e. The fourth-order valence-corrected chi connectivity index (χ4v) is 3.36. The average molecular weight is 390 g/mol. The van der Waals surface area contributed by atoms with Gasteiger partial charge in [-0.05, 0) is 24.3 Å². The number of hydrogen-bond donors (Lipinski definition) is 2. The van der Waals surface area contributed by atoms with Crippen LogP contribution in [-0.2, 0) is 10.0 Å². The highest BCUT2D eigenvalue weighted by Crippen LogP contribution is 2.31. The third kappa shape index (κ3) is 3.55. The van der Waals surface area contributed by atoms with E-state index in [0.29, 0.717) is 0 Å². The van der Waals surface area contributed by atoms with Crippen molar-refractivity contribution in [3.8, 4) is 0 Å². The van der Waals surface area contributed by atoms with Gasteiger partial charge in [-0.25, -0.2) is 17.2 Å². The summed E-state index contributed by atoms with van der Waals surface area (Å²) in [6.07, 6.45) is 0. The van der Waals surface area contributed by atoms with E-state index in [1.807, 2.05) is 4.72 Å². The third-order valence-electron chi connectivity index (χ3n) is 2.58. The molecule has 0 aromatic heterocycles. The Kier molecular flexibility index (Phi) is 5.86. The third-order valence-corrected chi connectivity index (χ3v) is 4.92. The molecule has 10 heteroatoms. The molecule has 3 N–H and O–H groups in total. The lowest BCUT2D eigenvalue weighted by molar-refractivity contribution is 0.589. The smallest absolute Gasteiger partial charge is 0.263 e. The van der Waals surface area contributed by atoms with Crippen LogP contribution in [0.4, 0.5) is 20.2 Å². The summed E-state index contributed by atoms with van der Waals surface area (Å²) in [6.45, 7) is 0. The van der Waals surface area contributed by atoms with E-state index in [1.165, 1.54) is 18.2 Å². The van der Waals surface area contributed by atoms with Crippen molar-refractivity contribution in [3.63, 3.8) is 0 Å². The summed E-state index contributed by atoms with van der Waals surface area (Å²) < 4.78 is 53.1. The van der Waals surface area contributed by atoms with Crippen molar-refractivity contribution in [2.24, 2.45) is 0 Å². The molecule has 22 heavy (non-hydrogen) atoms. The zero-order chi connectivity index (χ0) is 15.8. The predicted octanol–water partition coefficient (Wildman–Crippen LogP) is 4.08. The quantitative estimate of drug-likeness (QED) is 0.777. The number of rotatable bonds is 3. The van der Waals surface area contributed by atoms with Gasteiger partial charge < -0.3 is 5.73 Å². The molecule has 0 saturated heterocycles. The number of halogens is 5. The molecule has 2 aromatic rings. The van der Waals surface area contributed by atoms with Gasteiger partial charge in [0.25, 0.3) is 10.0 Å². The second-order valence-corrected chi connectivity index (χ2v) is 6.42. The zero-order valence-electron chi connectivity index (χ0n) is 10.6. The van der Waals surface area contributed by atoms with E-state index in [4.69, 9.17) is 28.9 Å². The van der Waals surface area contributed by atoms with Crippen molar-refractivity contribution in [3.05, 3.63) is 52.0 Å². The Hall–Kier alpha value is -1.28. The van der Waals surface area contributed by atoms with E-state index in [0.717, 1.165) is 12.1 Å². The minimum absolute atomic E-state index is 0. The molecule has 2 aromatic carbocycles. The van der Waals surface area contributed by atoms with Crippen LogP contribution in [0, 0.1) is 11.6 Å². The Morgan fingerprint density at radius 3 is 2.36 bits per heavy atom. The van der Waals surface area contributed by atoms with Crippen molar-refractivity contribution in [2.75, 3.05) is 10.5 Å². The molecule has 0 saturated carbocycles. The molecule has 4 nitrogen and oxygen atoms in total. The first kappa shape index (κ1) is 18.8. The van der Waals surface area contributed by atoms with E-state index in [9.17, 15) is 17.2 Å². The molecule has 0 radical (unpaired) electrons.